The molecule has 1 aliphatic carbocycles. The van der Waals surface area contributed by atoms with E-state index in [1.165, 1.54) is 0 Å². The Kier molecular flexibility index (Phi) is 5.38. The molecule has 0 N–H and O–H groups in total. The van der Waals surface area contributed by atoms with Crippen molar-refractivity contribution in [1.29, 1.82) is 0 Å². The summed E-state index contributed by atoms with van der Waals surface area (Å²) >= 11 is 11.5. The van der Waals surface area contributed by atoms with Crippen molar-refractivity contribution in [2.45, 2.75) is 49.7 Å². The van der Waals surface area contributed by atoms with E-state index in [1.54, 1.807) is 17.0 Å². The van der Waals surface area contributed by atoms with Crippen molar-refractivity contribution in [3.8, 4) is 0 Å². The zero-order chi connectivity index (χ0) is 25.5. The topological polar surface area (TPSA) is 51.1 Å². The Balaban J connectivity index is 1.24. The quantitative estimate of drug-likeness (QED) is 0.347. The van der Waals surface area contributed by atoms with Crippen molar-refractivity contribution in [2.24, 2.45) is 11.1 Å². The maximum atomic E-state index is 14.3. The molecule has 2 fully saturated rings. The smallest absolute Gasteiger partial charge is 0.374 e. The number of carbonyl (C=O) groups is 1. The van der Waals surface area contributed by atoms with Crippen LogP contribution in [0.4, 0.5) is 17.6 Å². The third-order valence-electron chi connectivity index (χ3n) is 7.47. The fourth-order valence-electron chi connectivity index (χ4n) is 5.18. The fraction of sp³-hybridized carbons (Fsp3) is 0.440. The summed E-state index contributed by atoms with van der Waals surface area (Å²) in [4.78, 5) is 19.2. The van der Waals surface area contributed by atoms with Crippen molar-refractivity contribution < 1.29 is 31.9 Å². The fourth-order valence-corrected chi connectivity index (χ4v) is 5.67. The maximum absolute atomic E-state index is 14.3. The molecule has 2 aromatic carbocycles. The van der Waals surface area contributed by atoms with E-state index >= 15 is 0 Å². The van der Waals surface area contributed by atoms with Crippen LogP contribution in [0.25, 0.3) is 0 Å². The molecule has 1 atom stereocenters. The minimum absolute atomic E-state index is 0.0856. The standard InChI is InChI=1S/C25H20Cl2F4N2O3/c26-18-7-16(8-19(27)22(18)28)24(25(29,30)31)9-20(32-36-24)14-3-4-17-15(6-14)10-35-23(17)11-33(12-23)21(34)5-13-1-2-13/h3-4,6-8,13H,1-2,5,9-12H2. The molecule has 1 unspecified atom stereocenters. The van der Waals surface area contributed by atoms with Gasteiger partial charge in [-0.3, -0.25) is 4.79 Å². The van der Waals surface area contributed by atoms with Crippen molar-refractivity contribution in [1.82, 2.24) is 4.90 Å². The first-order chi connectivity index (χ1) is 17.0. The van der Waals surface area contributed by atoms with Crippen LogP contribution in [0.1, 0.15) is 47.9 Å². The Morgan fingerprint density at radius 2 is 1.83 bits per heavy atom. The molecule has 2 aromatic rings. The Bertz CT molecular complexity index is 1280. The molecule has 0 bridgehead atoms. The number of rotatable bonds is 4. The minimum Gasteiger partial charge on any atom is -0.374 e. The molecule has 1 saturated heterocycles. The Morgan fingerprint density at radius 1 is 1.14 bits per heavy atom. The summed E-state index contributed by atoms with van der Waals surface area (Å²) in [6.07, 6.45) is -2.72. The molecular formula is C25H20Cl2F4N2O3. The number of hydrogen-bond donors (Lipinski definition) is 0. The zero-order valence-electron chi connectivity index (χ0n) is 18.8. The van der Waals surface area contributed by atoms with Crippen LogP contribution in [-0.4, -0.2) is 35.8 Å². The maximum Gasteiger partial charge on any atom is 0.435 e. The van der Waals surface area contributed by atoms with Gasteiger partial charge >= 0.3 is 6.18 Å². The Hall–Kier alpha value is -2.36. The Labute approximate surface area is 213 Å². The van der Waals surface area contributed by atoms with Crippen LogP contribution in [0.15, 0.2) is 35.5 Å². The van der Waals surface area contributed by atoms with Crippen LogP contribution >= 0.6 is 23.2 Å². The SMILES string of the molecule is O=C(CC1CC1)N1CC2(C1)OCc1cc(C3=NOC(c4cc(Cl)c(F)c(Cl)c4)(C(F)(F)F)C3)ccc12. The number of hydrogen-bond acceptors (Lipinski definition) is 4. The van der Waals surface area contributed by atoms with E-state index in [9.17, 15) is 22.4 Å². The number of fused-ring (bicyclic) bond motifs is 2. The summed E-state index contributed by atoms with van der Waals surface area (Å²) in [6.45, 7) is 1.23. The summed E-state index contributed by atoms with van der Waals surface area (Å²) < 4.78 is 62.8. The molecule has 190 valence electrons. The first-order valence-corrected chi connectivity index (χ1v) is 12.3. The number of oxime groups is 1. The summed E-state index contributed by atoms with van der Waals surface area (Å²) in [6, 6.07) is 6.98. The molecule has 3 aliphatic heterocycles. The molecule has 5 nitrogen and oxygen atoms in total. The number of likely N-dealkylation sites (tertiary alicyclic amines) is 1. The predicted molar refractivity (Wildman–Crippen MR) is 123 cm³/mol. The lowest BCUT2D eigenvalue weighted by atomic mass is 9.83. The van der Waals surface area contributed by atoms with Crippen molar-refractivity contribution >= 4 is 34.8 Å². The number of nitrogens with zero attached hydrogens (tertiary/aromatic N) is 2. The van der Waals surface area contributed by atoms with Crippen LogP contribution in [0.2, 0.25) is 10.0 Å². The molecule has 0 radical (unpaired) electrons. The first-order valence-electron chi connectivity index (χ1n) is 11.5. The molecule has 4 aliphatic rings. The van der Waals surface area contributed by atoms with Gasteiger partial charge in [-0.2, -0.15) is 13.2 Å². The van der Waals surface area contributed by atoms with Gasteiger partial charge in [0.1, 0.15) is 5.60 Å². The molecule has 36 heavy (non-hydrogen) atoms. The molecule has 0 aromatic heterocycles. The number of benzene rings is 2. The lowest BCUT2D eigenvalue weighted by Crippen LogP contribution is -2.61. The first kappa shape index (κ1) is 24.0. The minimum atomic E-state index is -4.88. The predicted octanol–water partition coefficient (Wildman–Crippen LogP) is 6.08. The summed E-state index contributed by atoms with van der Waals surface area (Å²) in [5.74, 6) is -0.359. The van der Waals surface area contributed by atoms with Crippen LogP contribution in [0, 0.1) is 11.7 Å². The number of carbonyl (C=O) groups excluding carboxylic acids is 1. The second-order valence-electron chi connectivity index (χ2n) is 9.94. The van der Waals surface area contributed by atoms with Gasteiger partial charge in [-0.25, -0.2) is 4.39 Å². The van der Waals surface area contributed by atoms with Gasteiger partial charge < -0.3 is 14.5 Å². The zero-order valence-corrected chi connectivity index (χ0v) is 20.3. The van der Waals surface area contributed by atoms with Gasteiger partial charge in [-0.15, -0.1) is 0 Å². The highest BCUT2D eigenvalue weighted by Gasteiger charge is 2.62. The van der Waals surface area contributed by atoms with Gasteiger partial charge in [0, 0.05) is 18.4 Å². The van der Waals surface area contributed by atoms with E-state index in [2.05, 4.69) is 5.16 Å². The van der Waals surface area contributed by atoms with Crippen LogP contribution < -0.4 is 0 Å². The molecule has 1 spiro atoms. The van der Waals surface area contributed by atoms with E-state index < -0.39 is 45.2 Å². The Morgan fingerprint density at radius 3 is 2.47 bits per heavy atom. The molecule has 11 heteroatoms. The van der Waals surface area contributed by atoms with E-state index in [0.717, 1.165) is 36.1 Å². The highest BCUT2D eigenvalue weighted by molar-refractivity contribution is 6.35. The summed E-state index contributed by atoms with van der Waals surface area (Å²) in [5.41, 5.74) is -1.54. The van der Waals surface area contributed by atoms with Crippen molar-refractivity contribution in [2.75, 3.05) is 13.1 Å². The molecule has 6 rings (SSSR count). The highest BCUT2D eigenvalue weighted by Crippen LogP contribution is 2.51. The van der Waals surface area contributed by atoms with E-state index in [4.69, 9.17) is 32.8 Å². The third-order valence-corrected chi connectivity index (χ3v) is 8.02. The van der Waals surface area contributed by atoms with Gasteiger partial charge in [-0.1, -0.05) is 40.5 Å². The van der Waals surface area contributed by atoms with Crippen LogP contribution in [-0.2, 0) is 32.2 Å². The lowest BCUT2D eigenvalue weighted by Gasteiger charge is -2.47. The van der Waals surface area contributed by atoms with E-state index in [1.807, 2.05) is 6.07 Å². The van der Waals surface area contributed by atoms with Gasteiger partial charge in [0.25, 0.3) is 5.60 Å². The van der Waals surface area contributed by atoms with Crippen molar-refractivity contribution in [3.05, 3.63) is 68.4 Å². The van der Waals surface area contributed by atoms with Gasteiger partial charge in [0.05, 0.1) is 35.5 Å². The lowest BCUT2D eigenvalue weighted by molar-refractivity contribution is -0.275. The van der Waals surface area contributed by atoms with Crippen LogP contribution in [0.3, 0.4) is 0 Å². The van der Waals surface area contributed by atoms with E-state index in [-0.39, 0.29) is 18.2 Å². The molecular weight excluding hydrogens is 523 g/mol. The summed E-state index contributed by atoms with van der Waals surface area (Å²) in [7, 11) is 0. The summed E-state index contributed by atoms with van der Waals surface area (Å²) in [5, 5.41) is 2.69. The monoisotopic (exact) mass is 542 g/mol. The van der Waals surface area contributed by atoms with Gasteiger partial charge in [-0.05, 0) is 53.6 Å². The second-order valence-corrected chi connectivity index (χ2v) is 10.8. The molecule has 3 heterocycles. The largest absolute Gasteiger partial charge is 0.435 e. The highest BCUT2D eigenvalue weighted by atomic mass is 35.5. The second kappa shape index (κ2) is 8.07. The molecule has 1 saturated carbocycles. The number of halogens is 6. The average molecular weight is 543 g/mol. The number of amides is 1. The molecule has 1 amide bonds. The van der Waals surface area contributed by atoms with Crippen molar-refractivity contribution in [3.63, 3.8) is 0 Å². The number of ether oxygens (including phenoxy) is 1. The van der Waals surface area contributed by atoms with Gasteiger partial charge in [0.2, 0.25) is 5.91 Å². The average Bonchev–Trinajstić information content (AvgIpc) is 3.34. The van der Waals surface area contributed by atoms with Crippen LogP contribution in [0.5, 0.6) is 0 Å². The number of alkyl halides is 3. The third kappa shape index (κ3) is 3.70. The van der Waals surface area contributed by atoms with E-state index in [0.29, 0.717) is 31.0 Å². The van der Waals surface area contributed by atoms with Gasteiger partial charge in [0.15, 0.2) is 5.82 Å². The normalized spacial score (nSPS) is 24.4.